The van der Waals surface area contributed by atoms with Crippen LogP contribution >= 0.6 is 0 Å². The fourth-order valence-electron chi connectivity index (χ4n) is 1.62. The first-order valence-electron chi connectivity index (χ1n) is 5.85. The van der Waals surface area contributed by atoms with Crippen LogP contribution in [0.5, 0.6) is 5.75 Å². The van der Waals surface area contributed by atoms with Crippen LogP contribution in [0.2, 0.25) is 0 Å². The lowest BCUT2D eigenvalue weighted by Gasteiger charge is -2.02. The fourth-order valence-corrected chi connectivity index (χ4v) is 1.62. The molecule has 0 fully saturated rings. The van der Waals surface area contributed by atoms with Crippen molar-refractivity contribution in [1.29, 1.82) is 0 Å². The number of amides is 1. The van der Waals surface area contributed by atoms with Crippen molar-refractivity contribution in [2.24, 2.45) is 5.10 Å². The molecule has 1 amide bonds. The molecule has 0 aliphatic rings. The smallest absolute Gasteiger partial charge is 0.275 e. The number of para-hydroxylation sites is 1. The molecule has 96 valence electrons. The number of benzene rings is 2. The van der Waals surface area contributed by atoms with Crippen molar-refractivity contribution in [3.63, 3.8) is 0 Å². The zero-order valence-electron chi connectivity index (χ0n) is 10.5. The maximum atomic E-state index is 11.8. The zero-order valence-corrected chi connectivity index (χ0v) is 10.5. The Balaban J connectivity index is 2.06. The van der Waals surface area contributed by atoms with Crippen LogP contribution in [0.15, 0.2) is 53.6 Å². The van der Waals surface area contributed by atoms with Gasteiger partial charge in [0.05, 0.1) is 11.8 Å². The van der Waals surface area contributed by atoms with Gasteiger partial charge in [-0.1, -0.05) is 36.4 Å². The topological polar surface area (TPSA) is 61.7 Å². The molecule has 0 aliphatic heterocycles. The summed E-state index contributed by atoms with van der Waals surface area (Å²) in [6.07, 6.45) is 1.58. The lowest BCUT2D eigenvalue weighted by molar-refractivity contribution is 0.0952. The quantitative estimate of drug-likeness (QED) is 0.653. The number of nitrogens with zero attached hydrogens (tertiary/aromatic N) is 1. The van der Waals surface area contributed by atoms with Gasteiger partial charge in [-0.25, -0.2) is 5.43 Å². The van der Waals surface area contributed by atoms with E-state index in [-0.39, 0.29) is 11.3 Å². The van der Waals surface area contributed by atoms with Crippen molar-refractivity contribution >= 4 is 12.1 Å². The SMILES string of the molecule is Cc1ccccc1C=NNC(=O)c1ccccc1O. The molecule has 19 heavy (non-hydrogen) atoms. The summed E-state index contributed by atoms with van der Waals surface area (Å²) in [4.78, 5) is 11.8. The van der Waals surface area contributed by atoms with Crippen molar-refractivity contribution in [3.05, 3.63) is 65.2 Å². The van der Waals surface area contributed by atoms with Crippen LogP contribution in [0.1, 0.15) is 21.5 Å². The molecule has 2 aromatic carbocycles. The molecule has 4 heteroatoms. The predicted molar refractivity (Wildman–Crippen MR) is 74.3 cm³/mol. The molecular formula is C15H14N2O2. The van der Waals surface area contributed by atoms with E-state index < -0.39 is 5.91 Å². The van der Waals surface area contributed by atoms with Gasteiger partial charge in [-0.3, -0.25) is 4.79 Å². The molecular weight excluding hydrogens is 240 g/mol. The summed E-state index contributed by atoms with van der Waals surface area (Å²) in [7, 11) is 0. The average Bonchev–Trinajstić information content (AvgIpc) is 2.41. The third-order valence-electron chi connectivity index (χ3n) is 2.71. The van der Waals surface area contributed by atoms with Crippen LogP contribution in [0.25, 0.3) is 0 Å². The first-order valence-corrected chi connectivity index (χ1v) is 5.85. The normalized spacial score (nSPS) is 10.6. The highest BCUT2D eigenvalue weighted by Crippen LogP contribution is 2.14. The Kier molecular flexibility index (Phi) is 3.93. The Morgan fingerprint density at radius 1 is 1.16 bits per heavy atom. The number of hydrogen-bond acceptors (Lipinski definition) is 3. The Labute approximate surface area is 111 Å². The van der Waals surface area contributed by atoms with Crippen LogP contribution in [-0.4, -0.2) is 17.2 Å². The van der Waals surface area contributed by atoms with Gasteiger partial charge < -0.3 is 5.11 Å². The van der Waals surface area contributed by atoms with E-state index in [1.165, 1.54) is 12.1 Å². The molecule has 0 saturated carbocycles. The molecule has 2 aromatic rings. The molecule has 0 heterocycles. The number of hydrazone groups is 1. The molecule has 0 aliphatic carbocycles. The van der Waals surface area contributed by atoms with Gasteiger partial charge in [0.25, 0.3) is 5.91 Å². The van der Waals surface area contributed by atoms with Crippen LogP contribution in [0.4, 0.5) is 0 Å². The maximum absolute atomic E-state index is 11.8. The van der Waals surface area contributed by atoms with Crippen molar-refractivity contribution in [2.45, 2.75) is 6.92 Å². The summed E-state index contributed by atoms with van der Waals surface area (Å²) in [6, 6.07) is 14.0. The van der Waals surface area contributed by atoms with E-state index in [0.29, 0.717) is 0 Å². The monoisotopic (exact) mass is 254 g/mol. The van der Waals surface area contributed by atoms with Gasteiger partial charge in [-0.05, 0) is 30.2 Å². The first-order chi connectivity index (χ1) is 9.18. The number of nitrogens with one attached hydrogen (secondary N) is 1. The minimum atomic E-state index is -0.442. The van der Waals surface area contributed by atoms with E-state index in [9.17, 15) is 9.90 Å². The molecule has 0 radical (unpaired) electrons. The summed E-state index contributed by atoms with van der Waals surface area (Å²) >= 11 is 0. The highest BCUT2D eigenvalue weighted by molar-refractivity contribution is 5.97. The highest BCUT2D eigenvalue weighted by atomic mass is 16.3. The van der Waals surface area contributed by atoms with Crippen LogP contribution in [0.3, 0.4) is 0 Å². The Hall–Kier alpha value is -2.62. The molecule has 0 spiro atoms. The average molecular weight is 254 g/mol. The molecule has 0 saturated heterocycles. The molecule has 0 atom stereocenters. The summed E-state index contributed by atoms with van der Waals surface area (Å²) in [5.41, 5.74) is 4.59. The number of aromatic hydroxyl groups is 1. The molecule has 0 bridgehead atoms. The van der Waals surface area contributed by atoms with E-state index in [1.807, 2.05) is 31.2 Å². The van der Waals surface area contributed by atoms with Gasteiger partial charge in [0.2, 0.25) is 0 Å². The van der Waals surface area contributed by atoms with E-state index in [2.05, 4.69) is 10.5 Å². The van der Waals surface area contributed by atoms with Gasteiger partial charge in [0.1, 0.15) is 5.75 Å². The maximum Gasteiger partial charge on any atom is 0.275 e. The van der Waals surface area contributed by atoms with Gasteiger partial charge in [-0.2, -0.15) is 5.10 Å². The molecule has 2 rings (SSSR count). The van der Waals surface area contributed by atoms with E-state index in [1.54, 1.807) is 18.3 Å². The zero-order chi connectivity index (χ0) is 13.7. The highest BCUT2D eigenvalue weighted by Gasteiger charge is 2.08. The first kappa shape index (κ1) is 12.8. The summed E-state index contributed by atoms with van der Waals surface area (Å²) in [5.74, 6) is -0.506. The number of rotatable bonds is 3. The van der Waals surface area contributed by atoms with Gasteiger partial charge >= 0.3 is 0 Å². The molecule has 0 aromatic heterocycles. The van der Waals surface area contributed by atoms with Gasteiger partial charge in [0, 0.05) is 0 Å². The second-order valence-corrected chi connectivity index (χ2v) is 4.07. The van der Waals surface area contributed by atoms with Crippen molar-refractivity contribution in [2.75, 3.05) is 0 Å². The van der Waals surface area contributed by atoms with E-state index >= 15 is 0 Å². The number of phenols is 1. The molecule has 0 unspecified atom stereocenters. The predicted octanol–water partition coefficient (Wildman–Crippen LogP) is 2.46. The van der Waals surface area contributed by atoms with Crippen molar-refractivity contribution in [1.82, 2.24) is 5.43 Å². The lowest BCUT2D eigenvalue weighted by Crippen LogP contribution is -2.17. The van der Waals surface area contributed by atoms with Crippen LogP contribution in [0, 0.1) is 6.92 Å². The van der Waals surface area contributed by atoms with E-state index in [0.717, 1.165) is 11.1 Å². The lowest BCUT2D eigenvalue weighted by atomic mass is 10.1. The Morgan fingerprint density at radius 2 is 1.84 bits per heavy atom. The largest absolute Gasteiger partial charge is 0.507 e. The van der Waals surface area contributed by atoms with Gasteiger partial charge in [0.15, 0.2) is 0 Å². The Morgan fingerprint density at radius 3 is 2.58 bits per heavy atom. The summed E-state index contributed by atoms with van der Waals surface area (Å²) < 4.78 is 0. The summed E-state index contributed by atoms with van der Waals surface area (Å²) in [6.45, 7) is 1.96. The number of hydrogen-bond donors (Lipinski definition) is 2. The third kappa shape index (κ3) is 3.19. The standard InChI is InChI=1S/C15H14N2O2/c1-11-6-2-3-7-12(11)10-16-17-15(19)13-8-4-5-9-14(13)18/h2-10,18H,1H3,(H,17,19). The second kappa shape index (κ2) is 5.82. The third-order valence-corrected chi connectivity index (χ3v) is 2.71. The van der Waals surface area contributed by atoms with Crippen molar-refractivity contribution in [3.8, 4) is 5.75 Å². The number of aryl methyl sites for hydroxylation is 1. The van der Waals surface area contributed by atoms with Crippen molar-refractivity contribution < 1.29 is 9.90 Å². The van der Waals surface area contributed by atoms with Crippen LogP contribution in [-0.2, 0) is 0 Å². The van der Waals surface area contributed by atoms with E-state index in [4.69, 9.17) is 0 Å². The minimum Gasteiger partial charge on any atom is -0.507 e. The fraction of sp³-hybridized carbons (Fsp3) is 0.0667. The number of carbonyl (C=O) groups is 1. The minimum absolute atomic E-state index is 0.0638. The second-order valence-electron chi connectivity index (χ2n) is 4.07. The summed E-state index contributed by atoms with van der Waals surface area (Å²) in [5, 5.41) is 13.4. The molecule has 4 nitrogen and oxygen atoms in total. The van der Waals surface area contributed by atoms with Gasteiger partial charge in [-0.15, -0.1) is 0 Å². The number of carbonyl (C=O) groups excluding carboxylic acids is 1. The number of phenolic OH excluding ortho intramolecular Hbond substituents is 1. The molecule has 2 N–H and O–H groups in total. The Bertz CT molecular complexity index is 621. The van der Waals surface area contributed by atoms with Crippen LogP contribution < -0.4 is 5.43 Å².